The Labute approximate surface area is 223 Å². The Morgan fingerprint density at radius 3 is 1.78 bits per heavy atom. The van der Waals surface area contributed by atoms with Crippen molar-refractivity contribution < 1.29 is 14.4 Å². The molecule has 0 radical (unpaired) electrons. The van der Waals surface area contributed by atoms with E-state index in [2.05, 4.69) is 5.32 Å². The third kappa shape index (κ3) is 2.94. The van der Waals surface area contributed by atoms with Gasteiger partial charge in [-0.05, 0) is 46.9 Å². The molecule has 3 aliphatic carbocycles. The molecule has 36 heavy (non-hydrogen) atoms. The van der Waals surface area contributed by atoms with Crippen LogP contribution in [0.3, 0.4) is 0 Å². The second-order valence-electron chi connectivity index (χ2n) is 9.51. The highest BCUT2D eigenvalue weighted by atomic mass is 35.5. The van der Waals surface area contributed by atoms with Gasteiger partial charge in [-0.3, -0.25) is 19.3 Å². The fourth-order valence-electron chi connectivity index (χ4n) is 6.11. The molecule has 3 amide bonds. The number of carbonyl (C=O) groups is 3. The molecule has 2 atom stereocenters. The van der Waals surface area contributed by atoms with Crippen LogP contribution in [0.2, 0.25) is 5.02 Å². The first kappa shape index (κ1) is 23.5. The molecule has 1 N–H and O–H groups in total. The first-order valence-corrected chi connectivity index (χ1v) is 12.8. The van der Waals surface area contributed by atoms with Gasteiger partial charge in [0.2, 0.25) is 17.7 Å². The standard InChI is InChI=1S/C28H21Cl3N2O3/c1-15-20(29)11-6-12-21(15)32-22(34)13-14-33-25(35)23-24(26(33)36)28(31)17-8-3-2-7-16(17)27(23,30)18-9-4-5-10-19(18)28/h2-12,23-24H,13-14H2,1H3,(H,32,34)/t23-,24+,27?,28?. The second kappa shape index (κ2) is 8.07. The van der Waals surface area contributed by atoms with Crippen LogP contribution in [0, 0.1) is 18.8 Å². The summed E-state index contributed by atoms with van der Waals surface area (Å²) in [6.45, 7) is 1.74. The normalized spacial score (nSPS) is 27.5. The van der Waals surface area contributed by atoms with Crippen LogP contribution < -0.4 is 5.32 Å². The van der Waals surface area contributed by atoms with Crippen molar-refractivity contribution in [2.75, 3.05) is 11.9 Å². The number of rotatable bonds is 4. The van der Waals surface area contributed by atoms with Gasteiger partial charge in [-0.2, -0.15) is 0 Å². The van der Waals surface area contributed by atoms with Crippen LogP contribution >= 0.6 is 34.8 Å². The lowest BCUT2D eigenvalue weighted by atomic mass is 9.54. The summed E-state index contributed by atoms with van der Waals surface area (Å²) in [5.41, 5.74) is 4.32. The summed E-state index contributed by atoms with van der Waals surface area (Å²) in [4.78, 5) is 39.0. The summed E-state index contributed by atoms with van der Waals surface area (Å²) in [6.07, 6.45) is -0.0622. The second-order valence-corrected chi connectivity index (χ2v) is 11.1. The third-order valence-corrected chi connectivity index (χ3v) is 9.47. The number of imide groups is 1. The Balaban J connectivity index is 1.34. The lowest BCUT2D eigenvalue weighted by Crippen LogP contribution is -2.57. The molecule has 7 rings (SSSR count). The number of hydrogen-bond donors (Lipinski definition) is 1. The van der Waals surface area contributed by atoms with Crippen molar-refractivity contribution >= 4 is 58.2 Å². The van der Waals surface area contributed by atoms with Crippen molar-refractivity contribution in [3.8, 4) is 0 Å². The molecule has 1 fully saturated rings. The van der Waals surface area contributed by atoms with E-state index in [4.69, 9.17) is 34.8 Å². The minimum atomic E-state index is -1.23. The minimum Gasteiger partial charge on any atom is -0.326 e. The van der Waals surface area contributed by atoms with E-state index >= 15 is 0 Å². The molecule has 0 saturated carbocycles. The maximum Gasteiger partial charge on any atom is 0.235 e. The zero-order valence-corrected chi connectivity index (χ0v) is 21.5. The number of anilines is 1. The zero-order valence-electron chi connectivity index (χ0n) is 19.2. The minimum absolute atomic E-state index is 0.0622. The highest BCUT2D eigenvalue weighted by molar-refractivity contribution is 6.36. The maximum absolute atomic E-state index is 13.8. The van der Waals surface area contributed by atoms with Crippen molar-refractivity contribution in [3.05, 3.63) is 99.6 Å². The predicted octanol–water partition coefficient (Wildman–Crippen LogP) is 5.57. The fraction of sp³-hybridized carbons (Fsp3) is 0.250. The van der Waals surface area contributed by atoms with E-state index < -0.39 is 33.4 Å². The molecule has 0 aromatic heterocycles. The SMILES string of the molecule is Cc1c(Cl)cccc1NC(=O)CCN1C(=O)[C@@H]2[C@H](C1=O)C1(Cl)c3ccccc3C2(Cl)c2ccccc21. The topological polar surface area (TPSA) is 66.5 Å². The van der Waals surface area contributed by atoms with Gasteiger partial charge in [-0.25, -0.2) is 0 Å². The summed E-state index contributed by atoms with van der Waals surface area (Å²) in [7, 11) is 0. The van der Waals surface area contributed by atoms with Crippen molar-refractivity contribution in [1.82, 2.24) is 4.90 Å². The van der Waals surface area contributed by atoms with Gasteiger partial charge in [0, 0.05) is 23.7 Å². The van der Waals surface area contributed by atoms with Crippen LogP contribution in [-0.4, -0.2) is 29.2 Å². The van der Waals surface area contributed by atoms with Crippen molar-refractivity contribution in [3.63, 3.8) is 0 Å². The quantitative estimate of drug-likeness (QED) is 0.348. The van der Waals surface area contributed by atoms with E-state index in [9.17, 15) is 14.4 Å². The molecule has 3 aromatic rings. The van der Waals surface area contributed by atoms with E-state index in [1.54, 1.807) is 25.1 Å². The lowest BCUT2D eigenvalue weighted by molar-refractivity contribution is -0.140. The van der Waals surface area contributed by atoms with Gasteiger partial charge in [0.05, 0.1) is 11.8 Å². The first-order chi connectivity index (χ1) is 17.2. The number of nitrogens with zero attached hydrogens (tertiary/aromatic N) is 1. The molecule has 1 saturated heterocycles. The summed E-state index contributed by atoms with van der Waals surface area (Å²) < 4.78 is 0. The van der Waals surface area contributed by atoms with E-state index in [0.29, 0.717) is 10.7 Å². The summed E-state index contributed by atoms with van der Waals surface area (Å²) >= 11 is 20.9. The molecule has 0 spiro atoms. The van der Waals surface area contributed by atoms with E-state index in [-0.39, 0.29) is 18.9 Å². The summed E-state index contributed by atoms with van der Waals surface area (Å²) in [6, 6.07) is 20.2. The van der Waals surface area contributed by atoms with Gasteiger partial charge >= 0.3 is 0 Å². The van der Waals surface area contributed by atoms with Crippen LogP contribution in [0.5, 0.6) is 0 Å². The number of alkyl halides is 2. The van der Waals surface area contributed by atoms with Gasteiger partial charge in [0.1, 0.15) is 9.75 Å². The van der Waals surface area contributed by atoms with E-state index in [1.807, 2.05) is 48.5 Å². The smallest absolute Gasteiger partial charge is 0.235 e. The molecule has 4 aliphatic rings. The molecule has 0 unspecified atom stereocenters. The molecule has 1 aliphatic heterocycles. The van der Waals surface area contributed by atoms with Gasteiger partial charge < -0.3 is 5.32 Å². The van der Waals surface area contributed by atoms with Crippen LogP contribution in [0.4, 0.5) is 5.69 Å². The van der Waals surface area contributed by atoms with Crippen molar-refractivity contribution in [2.45, 2.75) is 23.1 Å². The lowest BCUT2D eigenvalue weighted by Gasteiger charge is -2.54. The van der Waals surface area contributed by atoms with Crippen LogP contribution in [0.25, 0.3) is 0 Å². The molecule has 5 nitrogen and oxygen atoms in total. The van der Waals surface area contributed by atoms with E-state index in [0.717, 1.165) is 32.7 Å². The first-order valence-electron chi connectivity index (χ1n) is 11.7. The number of benzene rings is 3. The van der Waals surface area contributed by atoms with Crippen molar-refractivity contribution in [2.24, 2.45) is 11.8 Å². The van der Waals surface area contributed by atoms with Gasteiger partial charge in [0.15, 0.2) is 0 Å². The highest BCUT2D eigenvalue weighted by Gasteiger charge is 2.72. The Kier molecular flexibility index (Phi) is 5.28. The largest absolute Gasteiger partial charge is 0.326 e. The number of nitrogens with one attached hydrogen (secondary N) is 1. The predicted molar refractivity (Wildman–Crippen MR) is 139 cm³/mol. The Hall–Kier alpha value is -2.86. The number of hydrogen-bond acceptors (Lipinski definition) is 3. The molecule has 3 aromatic carbocycles. The van der Waals surface area contributed by atoms with Gasteiger partial charge in [0.25, 0.3) is 0 Å². The molecule has 2 bridgehead atoms. The molecule has 182 valence electrons. The van der Waals surface area contributed by atoms with E-state index in [1.165, 1.54) is 0 Å². The monoisotopic (exact) mass is 538 g/mol. The molecular formula is C28H21Cl3N2O3. The van der Waals surface area contributed by atoms with Crippen LogP contribution in [0.1, 0.15) is 34.2 Å². The number of halogens is 3. The molecule has 8 heteroatoms. The average Bonchev–Trinajstić information content (AvgIpc) is 3.14. The average molecular weight is 540 g/mol. The number of amides is 3. The fourth-order valence-corrected chi connectivity index (χ4v) is 7.39. The number of carbonyl (C=O) groups excluding carboxylic acids is 3. The Morgan fingerprint density at radius 1 is 0.833 bits per heavy atom. The molecular weight excluding hydrogens is 519 g/mol. The van der Waals surface area contributed by atoms with Gasteiger partial charge in [-0.15, -0.1) is 23.2 Å². The Bertz CT molecular complexity index is 1350. The Morgan fingerprint density at radius 2 is 1.31 bits per heavy atom. The zero-order chi connectivity index (χ0) is 25.4. The van der Waals surface area contributed by atoms with Crippen LogP contribution in [0.15, 0.2) is 66.7 Å². The van der Waals surface area contributed by atoms with Crippen LogP contribution in [-0.2, 0) is 24.1 Å². The summed E-state index contributed by atoms with van der Waals surface area (Å²) in [5, 5.41) is 3.35. The third-order valence-electron chi connectivity index (χ3n) is 7.78. The van der Waals surface area contributed by atoms with Crippen molar-refractivity contribution in [1.29, 1.82) is 0 Å². The highest BCUT2D eigenvalue weighted by Crippen LogP contribution is 2.69. The maximum atomic E-state index is 13.8. The number of likely N-dealkylation sites (tertiary alicyclic amines) is 1. The molecule has 1 heterocycles. The van der Waals surface area contributed by atoms with Gasteiger partial charge in [-0.1, -0.05) is 66.2 Å². The summed E-state index contributed by atoms with van der Waals surface area (Å²) in [5.74, 6) is -2.87.